The van der Waals surface area contributed by atoms with Gasteiger partial charge in [0.2, 0.25) is 11.8 Å². The molecule has 1 fully saturated rings. The van der Waals surface area contributed by atoms with Gasteiger partial charge in [0.1, 0.15) is 6.04 Å². The first-order chi connectivity index (χ1) is 9.65. The molecule has 102 valence electrons. The molecule has 1 saturated heterocycles. The van der Waals surface area contributed by atoms with Crippen LogP contribution in [0.25, 0.3) is 10.9 Å². The van der Waals surface area contributed by atoms with Crippen LogP contribution in [0.4, 0.5) is 11.4 Å². The highest BCUT2D eigenvalue weighted by Crippen LogP contribution is 2.27. The smallest absolute Gasteiger partial charge is 0.249 e. The third-order valence-corrected chi connectivity index (χ3v) is 3.37. The van der Waals surface area contributed by atoms with Gasteiger partial charge in [-0.1, -0.05) is 0 Å². The number of hydrogen-bond acceptors (Lipinski definition) is 5. The molecule has 1 aromatic heterocycles. The monoisotopic (exact) mass is 270 g/mol. The Bertz CT molecular complexity index is 699. The van der Waals surface area contributed by atoms with Crippen molar-refractivity contribution in [2.75, 3.05) is 11.1 Å². The maximum Gasteiger partial charge on any atom is 0.249 e. The van der Waals surface area contributed by atoms with Crippen LogP contribution in [0.5, 0.6) is 0 Å². The number of hydrogen-bond donors (Lipinski definition) is 3. The van der Waals surface area contributed by atoms with E-state index in [4.69, 9.17) is 5.73 Å². The lowest BCUT2D eigenvalue weighted by Crippen LogP contribution is -2.47. The van der Waals surface area contributed by atoms with E-state index in [0.717, 1.165) is 11.1 Å². The average Bonchev–Trinajstić information content (AvgIpc) is 2.45. The van der Waals surface area contributed by atoms with Crippen molar-refractivity contribution in [2.45, 2.75) is 18.9 Å². The fourth-order valence-electron chi connectivity index (χ4n) is 2.34. The van der Waals surface area contributed by atoms with Crippen molar-refractivity contribution in [2.24, 2.45) is 0 Å². The summed E-state index contributed by atoms with van der Waals surface area (Å²) in [5, 5.41) is 6.35. The molecule has 0 spiro atoms. The number of nitrogens with zero attached hydrogens (tertiary/aromatic N) is 1. The molecular formula is C14H14N4O2. The highest BCUT2D eigenvalue weighted by molar-refractivity contribution is 6.03. The summed E-state index contributed by atoms with van der Waals surface area (Å²) in [6.45, 7) is 0. The Balaban J connectivity index is 1.93. The van der Waals surface area contributed by atoms with Crippen LogP contribution < -0.4 is 16.4 Å². The van der Waals surface area contributed by atoms with Gasteiger partial charge in [0, 0.05) is 23.7 Å². The molecule has 20 heavy (non-hydrogen) atoms. The Morgan fingerprint density at radius 1 is 1.30 bits per heavy atom. The summed E-state index contributed by atoms with van der Waals surface area (Å²) in [7, 11) is 0. The number of carbonyl (C=O) groups excluding carboxylic acids is 2. The molecule has 1 unspecified atom stereocenters. The van der Waals surface area contributed by atoms with Crippen molar-refractivity contribution in [1.29, 1.82) is 0 Å². The summed E-state index contributed by atoms with van der Waals surface area (Å²) in [5.74, 6) is -0.521. The van der Waals surface area contributed by atoms with Crippen molar-refractivity contribution in [1.82, 2.24) is 10.3 Å². The van der Waals surface area contributed by atoms with E-state index in [1.807, 2.05) is 18.2 Å². The van der Waals surface area contributed by atoms with Crippen LogP contribution in [-0.4, -0.2) is 22.8 Å². The molecule has 1 aromatic carbocycles. The van der Waals surface area contributed by atoms with Gasteiger partial charge in [0.25, 0.3) is 0 Å². The maximum atomic E-state index is 11.8. The van der Waals surface area contributed by atoms with Crippen LogP contribution >= 0.6 is 0 Å². The van der Waals surface area contributed by atoms with Crippen LogP contribution in [-0.2, 0) is 9.59 Å². The Labute approximate surface area is 115 Å². The lowest BCUT2D eigenvalue weighted by molar-refractivity contribution is -0.133. The Morgan fingerprint density at radius 2 is 2.15 bits per heavy atom. The third kappa shape index (κ3) is 2.16. The number of carbonyl (C=O) groups is 2. The number of rotatable bonds is 2. The van der Waals surface area contributed by atoms with Gasteiger partial charge in [-0.3, -0.25) is 19.9 Å². The Kier molecular flexibility index (Phi) is 2.98. The molecule has 0 radical (unpaired) electrons. The molecule has 6 heteroatoms. The quantitative estimate of drug-likeness (QED) is 0.559. The van der Waals surface area contributed by atoms with E-state index < -0.39 is 6.04 Å². The fraction of sp³-hybridized carbons (Fsp3) is 0.214. The number of piperidine rings is 1. The number of anilines is 2. The van der Waals surface area contributed by atoms with Gasteiger partial charge < -0.3 is 11.1 Å². The maximum absolute atomic E-state index is 11.8. The lowest BCUT2D eigenvalue weighted by Gasteiger charge is -2.23. The molecule has 3 rings (SSSR count). The summed E-state index contributed by atoms with van der Waals surface area (Å²) in [5.41, 5.74) is 7.97. The standard InChI is InChI=1S/C14H14N4O2/c15-9-3-4-10(8-2-1-7-16-13(8)9)17-11-5-6-12(19)18-14(11)20/h1-4,7,11,17H,5-6,15H2,(H,18,19,20). The van der Waals surface area contributed by atoms with Crippen molar-refractivity contribution in [3.8, 4) is 0 Å². The zero-order valence-corrected chi connectivity index (χ0v) is 10.7. The SMILES string of the molecule is Nc1ccc(NC2CCC(=O)NC2=O)c2cccnc12. The van der Waals surface area contributed by atoms with E-state index in [-0.39, 0.29) is 11.8 Å². The van der Waals surface area contributed by atoms with Gasteiger partial charge in [-0.25, -0.2) is 0 Å². The highest BCUT2D eigenvalue weighted by Gasteiger charge is 2.26. The van der Waals surface area contributed by atoms with Crippen molar-refractivity contribution in [3.63, 3.8) is 0 Å². The number of nitrogens with one attached hydrogen (secondary N) is 2. The molecular weight excluding hydrogens is 256 g/mol. The predicted molar refractivity (Wildman–Crippen MR) is 75.9 cm³/mol. The molecule has 1 aliphatic heterocycles. The van der Waals surface area contributed by atoms with E-state index in [9.17, 15) is 9.59 Å². The number of benzene rings is 1. The summed E-state index contributed by atoms with van der Waals surface area (Å²) < 4.78 is 0. The topological polar surface area (TPSA) is 97.1 Å². The van der Waals surface area contributed by atoms with E-state index in [1.165, 1.54) is 0 Å². The van der Waals surface area contributed by atoms with Crippen LogP contribution in [0, 0.1) is 0 Å². The molecule has 4 N–H and O–H groups in total. The number of pyridine rings is 1. The zero-order chi connectivity index (χ0) is 14.1. The summed E-state index contributed by atoms with van der Waals surface area (Å²) >= 11 is 0. The van der Waals surface area contributed by atoms with Gasteiger partial charge in [-0.05, 0) is 30.7 Å². The summed E-state index contributed by atoms with van der Waals surface area (Å²) in [6, 6.07) is 6.87. The Hall–Kier alpha value is -2.63. The minimum Gasteiger partial charge on any atom is -0.397 e. The fourth-order valence-corrected chi connectivity index (χ4v) is 2.34. The van der Waals surface area contributed by atoms with Gasteiger partial charge >= 0.3 is 0 Å². The number of aromatic nitrogens is 1. The van der Waals surface area contributed by atoms with E-state index >= 15 is 0 Å². The molecule has 0 bridgehead atoms. The first-order valence-corrected chi connectivity index (χ1v) is 6.38. The second kappa shape index (κ2) is 4.80. The van der Waals surface area contributed by atoms with Crippen LogP contribution in [0.3, 0.4) is 0 Å². The molecule has 2 aromatic rings. The van der Waals surface area contributed by atoms with E-state index in [0.29, 0.717) is 24.0 Å². The van der Waals surface area contributed by atoms with Crippen molar-refractivity contribution in [3.05, 3.63) is 30.5 Å². The summed E-state index contributed by atoms with van der Waals surface area (Å²) in [4.78, 5) is 27.2. The number of nitrogens with two attached hydrogens (primary N) is 1. The number of fused-ring (bicyclic) bond motifs is 1. The number of imide groups is 1. The molecule has 6 nitrogen and oxygen atoms in total. The number of nitrogen functional groups attached to an aromatic ring is 1. The predicted octanol–water partition coefficient (Wildman–Crippen LogP) is 1.03. The van der Waals surface area contributed by atoms with Crippen LogP contribution in [0.2, 0.25) is 0 Å². The molecule has 2 amide bonds. The molecule has 0 aliphatic carbocycles. The van der Waals surface area contributed by atoms with Crippen LogP contribution in [0.15, 0.2) is 30.5 Å². The van der Waals surface area contributed by atoms with Crippen molar-refractivity contribution >= 4 is 34.1 Å². The second-order valence-corrected chi connectivity index (χ2v) is 4.75. The first kappa shape index (κ1) is 12.4. The van der Waals surface area contributed by atoms with Gasteiger partial charge in [0.05, 0.1) is 11.2 Å². The number of amides is 2. The second-order valence-electron chi connectivity index (χ2n) is 4.75. The highest BCUT2D eigenvalue weighted by atomic mass is 16.2. The minimum atomic E-state index is -0.417. The molecule has 1 atom stereocenters. The zero-order valence-electron chi connectivity index (χ0n) is 10.7. The molecule has 2 heterocycles. The average molecular weight is 270 g/mol. The molecule has 1 aliphatic rings. The largest absolute Gasteiger partial charge is 0.397 e. The summed E-state index contributed by atoms with van der Waals surface area (Å²) in [6.07, 6.45) is 2.50. The van der Waals surface area contributed by atoms with E-state index in [1.54, 1.807) is 12.3 Å². The Morgan fingerprint density at radius 3 is 2.95 bits per heavy atom. The first-order valence-electron chi connectivity index (χ1n) is 6.38. The van der Waals surface area contributed by atoms with Gasteiger partial charge in [-0.2, -0.15) is 0 Å². The van der Waals surface area contributed by atoms with Crippen molar-refractivity contribution < 1.29 is 9.59 Å². The van der Waals surface area contributed by atoms with Gasteiger partial charge in [-0.15, -0.1) is 0 Å². The normalized spacial score (nSPS) is 18.9. The van der Waals surface area contributed by atoms with E-state index in [2.05, 4.69) is 15.6 Å². The lowest BCUT2D eigenvalue weighted by atomic mass is 10.0. The third-order valence-electron chi connectivity index (χ3n) is 3.37. The molecule has 0 saturated carbocycles. The van der Waals surface area contributed by atoms with Gasteiger partial charge in [0.15, 0.2) is 0 Å². The minimum absolute atomic E-state index is 0.225. The van der Waals surface area contributed by atoms with Crippen LogP contribution in [0.1, 0.15) is 12.8 Å².